The quantitative estimate of drug-likeness (QED) is 0.169. The average molecular weight is 503 g/mol. The fourth-order valence-electron chi connectivity index (χ4n) is 3.71. The number of ether oxygens (including phenoxy) is 2. The van der Waals surface area contributed by atoms with E-state index in [-0.39, 0.29) is 12.0 Å². The Morgan fingerprint density at radius 1 is 1.03 bits per heavy atom. The molecule has 2 aromatic rings. The number of rotatable bonds is 15. The van der Waals surface area contributed by atoms with E-state index in [0.717, 1.165) is 47.4 Å². The number of anilines is 1. The van der Waals surface area contributed by atoms with Crippen LogP contribution in [-0.2, 0) is 16.0 Å². The average Bonchev–Trinajstić information content (AvgIpc) is 2.89. The standard InChI is InChI=1S/C28H39ClN2O4/c1-4-5-6-7-8-18-30-28(33)31(2)24-12-9-11-23(21-24)25-15-13-22(14-16-27(32)34-3)20-26(25)35-19-10-17-29/h9,11-13,15,20-21H,4-8,10,14,16-19H2,1-3H3,(H,30,33). The molecule has 0 aliphatic rings. The van der Waals surface area contributed by atoms with E-state index in [1.807, 2.05) is 42.5 Å². The highest BCUT2D eigenvalue weighted by Crippen LogP contribution is 2.33. The van der Waals surface area contributed by atoms with Crippen molar-refractivity contribution in [2.75, 3.05) is 38.1 Å². The van der Waals surface area contributed by atoms with Gasteiger partial charge in [0, 0.05) is 37.1 Å². The van der Waals surface area contributed by atoms with Crippen LogP contribution in [-0.4, -0.2) is 45.2 Å². The highest BCUT2D eigenvalue weighted by molar-refractivity contribution is 6.17. The molecule has 0 saturated carbocycles. The smallest absolute Gasteiger partial charge is 0.321 e. The molecule has 0 aliphatic heterocycles. The topological polar surface area (TPSA) is 67.9 Å². The molecule has 0 radical (unpaired) electrons. The van der Waals surface area contributed by atoms with E-state index >= 15 is 0 Å². The highest BCUT2D eigenvalue weighted by atomic mass is 35.5. The third kappa shape index (κ3) is 9.81. The van der Waals surface area contributed by atoms with Crippen molar-refractivity contribution in [1.29, 1.82) is 0 Å². The van der Waals surface area contributed by atoms with Crippen molar-refractivity contribution in [2.24, 2.45) is 0 Å². The van der Waals surface area contributed by atoms with E-state index < -0.39 is 0 Å². The Hall–Kier alpha value is -2.73. The predicted octanol–water partition coefficient (Wildman–Crippen LogP) is 6.58. The number of urea groups is 1. The lowest BCUT2D eigenvalue weighted by molar-refractivity contribution is -0.140. The van der Waals surface area contributed by atoms with Crippen molar-refractivity contribution >= 4 is 29.3 Å². The van der Waals surface area contributed by atoms with E-state index in [4.69, 9.17) is 21.1 Å². The second kappa shape index (κ2) is 16.0. The summed E-state index contributed by atoms with van der Waals surface area (Å²) in [4.78, 5) is 25.8. The number of carbonyl (C=O) groups excluding carboxylic acids is 2. The number of hydrogen-bond acceptors (Lipinski definition) is 4. The molecule has 2 aromatic carbocycles. The number of alkyl halides is 1. The molecule has 0 heterocycles. The first kappa shape index (κ1) is 28.5. The van der Waals surface area contributed by atoms with Crippen molar-refractivity contribution in [3.05, 3.63) is 48.0 Å². The second-order valence-corrected chi connectivity index (χ2v) is 8.93. The molecule has 2 amide bonds. The Morgan fingerprint density at radius 2 is 1.83 bits per heavy atom. The normalized spacial score (nSPS) is 10.6. The van der Waals surface area contributed by atoms with Crippen molar-refractivity contribution in [3.63, 3.8) is 0 Å². The minimum absolute atomic E-state index is 0.116. The van der Waals surface area contributed by atoms with Gasteiger partial charge in [-0.25, -0.2) is 4.79 Å². The molecule has 6 nitrogen and oxygen atoms in total. The van der Waals surface area contributed by atoms with Crippen LogP contribution in [0.25, 0.3) is 11.1 Å². The Bertz CT molecular complexity index is 935. The summed E-state index contributed by atoms with van der Waals surface area (Å²) in [5, 5.41) is 3.01. The van der Waals surface area contributed by atoms with Crippen molar-refractivity contribution < 1.29 is 19.1 Å². The highest BCUT2D eigenvalue weighted by Gasteiger charge is 2.14. The number of unbranched alkanes of at least 4 members (excludes halogenated alkanes) is 4. The number of halogens is 1. The first-order valence-corrected chi connectivity index (χ1v) is 13.0. The summed E-state index contributed by atoms with van der Waals surface area (Å²) in [5.74, 6) is 1.01. The first-order chi connectivity index (χ1) is 17.0. The summed E-state index contributed by atoms with van der Waals surface area (Å²) in [6.07, 6.45) is 7.40. The van der Waals surface area contributed by atoms with E-state index in [1.54, 1.807) is 11.9 Å². The van der Waals surface area contributed by atoms with Gasteiger partial charge in [-0.1, -0.05) is 56.9 Å². The summed E-state index contributed by atoms with van der Waals surface area (Å²) in [6, 6.07) is 13.7. The molecule has 2 rings (SSSR count). The van der Waals surface area contributed by atoms with Gasteiger partial charge in [0.05, 0.1) is 13.7 Å². The molecule has 7 heteroatoms. The Balaban J connectivity index is 2.14. The Labute approximate surface area is 214 Å². The van der Waals surface area contributed by atoms with Crippen molar-refractivity contribution in [1.82, 2.24) is 5.32 Å². The first-order valence-electron chi connectivity index (χ1n) is 12.5. The van der Waals surface area contributed by atoms with Crippen LogP contribution in [0.5, 0.6) is 5.75 Å². The third-order valence-electron chi connectivity index (χ3n) is 5.83. The molecular formula is C28H39ClN2O4. The van der Waals surface area contributed by atoms with Crippen LogP contribution in [0.1, 0.15) is 57.4 Å². The lowest BCUT2D eigenvalue weighted by atomic mass is 10.00. The third-order valence-corrected chi connectivity index (χ3v) is 6.10. The zero-order chi connectivity index (χ0) is 25.5. The summed E-state index contributed by atoms with van der Waals surface area (Å²) in [6.45, 7) is 3.37. The van der Waals surface area contributed by atoms with Gasteiger partial charge in [-0.05, 0) is 48.6 Å². The van der Waals surface area contributed by atoms with Crippen LogP contribution in [0.3, 0.4) is 0 Å². The maximum absolute atomic E-state index is 12.7. The summed E-state index contributed by atoms with van der Waals surface area (Å²) in [7, 11) is 3.17. The van der Waals surface area contributed by atoms with Gasteiger partial charge in [0.2, 0.25) is 0 Å². The van der Waals surface area contributed by atoms with Gasteiger partial charge in [0.25, 0.3) is 0 Å². The molecule has 0 fully saturated rings. The number of methoxy groups -OCH3 is 1. The lowest BCUT2D eigenvalue weighted by Crippen LogP contribution is -2.37. The molecule has 0 bridgehead atoms. The SMILES string of the molecule is CCCCCCCNC(=O)N(C)c1cccc(-c2ccc(CCC(=O)OC)cc2OCCCCl)c1. The molecule has 0 aromatic heterocycles. The number of hydrogen-bond donors (Lipinski definition) is 1. The van der Waals surface area contributed by atoms with Crippen LogP contribution in [0.2, 0.25) is 0 Å². The molecule has 0 aliphatic carbocycles. The van der Waals surface area contributed by atoms with Gasteiger partial charge in [-0.15, -0.1) is 11.6 Å². The lowest BCUT2D eigenvalue weighted by Gasteiger charge is -2.20. The molecule has 0 unspecified atom stereocenters. The van der Waals surface area contributed by atoms with Crippen LogP contribution in [0.4, 0.5) is 10.5 Å². The molecule has 0 spiro atoms. The van der Waals surface area contributed by atoms with Crippen LogP contribution < -0.4 is 15.0 Å². The summed E-state index contributed by atoms with van der Waals surface area (Å²) < 4.78 is 10.8. The van der Waals surface area contributed by atoms with Gasteiger partial charge in [-0.3, -0.25) is 9.69 Å². The molecule has 0 atom stereocenters. The molecule has 1 N–H and O–H groups in total. The number of nitrogens with zero attached hydrogens (tertiary/aromatic N) is 1. The Morgan fingerprint density at radius 3 is 2.57 bits per heavy atom. The van der Waals surface area contributed by atoms with Crippen LogP contribution >= 0.6 is 11.6 Å². The molecule has 0 saturated heterocycles. The molecular weight excluding hydrogens is 464 g/mol. The summed E-state index contributed by atoms with van der Waals surface area (Å²) in [5.41, 5.74) is 3.66. The maximum atomic E-state index is 12.7. The summed E-state index contributed by atoms with van der Waals surface area (Å²) >= 11 is 5.83. The van der Waals surface area contributed by atoms with E-state index in [0.29, 0.717) is 31.9 Å². The van der Waals surface area contributed by atoms with Crippen molar-refractivity contribution in [2.45, 2.75) is 58.3 Å². The van der Waals surface area contributed by atoms with E-state index in [1.165, 1.54) is 26.4 Å². The predicted molar refractivity (Wildman–Crippen MR) is 144 cm³/mol. The zero-order valence-electron chi connectivity index (χ0n) is 21.3. The van der Waals surface area contributed by atoms with E-state index in [2.05, 4.69) is 12.2 Å². The zero-order valence-corrected chi connectivity index (χ0v) is 22.0. The van der Waals surface area contributed by atoms with Crippen LogP contribution in [0, 0.1) is 0 Å². The minimum Gasteiger partial charge on any atom is -0.493 e. The number of aryl methyl sites for hydroxylation is 1. The second-order valence-electron chi connectivity index (χ2n) is 8.55. The van der Waals surface area contributed by atoms with Crippen LogP contribution in [0.15, 0.2) is 42.5 Å². The number of esters is 1. The Kier molecular flexibility index (Phi) is 13.1. The largest absolute Gasteiger partial charge is 0.493 e. The fourth-order valence-corrected chi connectivity index (χ4v) is 3.82. The van der Waals surface area contributed by atoms with Gasteiger partial charge < -0.3 is 14.8 Å². The minimum atomic E-state index is -0.242. The fraction of sp³-hybridized carbons (Fsp3) is 0.500. The number of benzene rings is 2. The van der Waals surface area contributed by atoms with Gasteiger partial charge in [0.1, 0.15) is 5.75 Å². The van der Waals surface area contributed by atoms with Crippen molar-refractivity contribution in [3.8, 4) is 16.9 Å². The maximum Gasteiger partial charge on any atom is 0.321 e. The monoisotopic (exact) mass is 502 g/mol. The number of carbonyl (C=O) groups is 2. The molecule has 35 heavy (non-hydrogen) atoms. The van der Waals surface area contributed by atoms with Gasteiger partial charge >= 0.3 is 12.0 Å². The van der Waals surface area contributed by atoms with Gasteiger partial charge in [0.15, 0.2) is 0 Å². The van der Waals surface area contributed by atoms with E-state index in [9.17, 15) is 9.59 Å². The van der Waals surface area contributed by atoms with Gasteiger partial charge in [-0.2, -0.15) is 0 Å². The number of nitrogens with one attached hydrogen (secondary N) is 1. The molecule has 192 valence electrons. The number of amides is 2.